The van der Waals surface area contributed by atoms with Crippen molar-refractivity contribution in [3.05, 3.63) is 58.6 Å². The highest BCUT2D eigenvalue weighted by molar-refractivity contribution is 6.31. The van der Waals surface area contributed by atoms with E-state index in [2.05, 4.69) is 0 Å². The Morgan fingerprint density at radius 2 is 2.00 bits per heavy atom. The van der Waals surface area contributed by atoms with Crippen molar-refractivity contribution < 1.29 is 4.79 Å². The van der Waals surface area contributed by atoms with E-state index >= 15 is 0 Å². The van der Waals surface area contributed by atoms with Crippen LogP contribution in [0.5, 0.6) is 0 Å². The van der Waals surface area contributed by atoms with Gasteiger partial charge in [0.05, 0.1) is 13.0 Å². The molecule has 0 unspecified atom stereocenters. The molecule has 2 aromatic carbocycles. The number of nitrogen functional groups attached to an aromatic ring is 1. The van der Waals surface area contributed by atoms with Gasteiger partial charge in [-0.3, -0.25) is 4.79 Å². The van der Waals surface area contributed by atoms with Crippen molar-refractivity contribution in [3.8, 4) is 0 Å². The number of anilines is 2. The number of benzene rings is 2. The Morgan fingerprint density at radius 1 is 1.21 bits per heavy atom. The van der Waals surface area contributed by atoms with Crippen molar-refractivity contribution in [3.63, 3.8) is 0 Å². The molecule has 0 aromatic heterocycles. The molecule has 1 heterocycles. The van der Waals surface area contributed by atoms with E-state index in [1.165, 1.54) is 0 Å². The summed E-state index contributed by atoms with van der Waals surface area (Å²) in [7, 11) is 0. The molecule has 0 radical (unpaired) electrons. The minimum Gasteiger partial charge on any atom is -0.399 e. The molecular weight excluding hydrogens is 260 g/mol. The number of carbonyl (C=O) groups is 1. The summed E-state index contributed by atoms with van der Waals surface area (Å²) in [6.07, 6.45) is 0.454. The van der Waals surface area contributed by atoms with E-state index in [4.69, 9.17) is 17.3 Å². The number of rotatable bonds is 2. The van der Waals surface area contributed by atoms with Crippen LogP contribution in [-0.2, 0) is 17.8 Å². The van der Waals surface area contributed by atoms with Gasteiger partial charge in [0.25, 0.3) is 0 Å². The van der Waals surface area contributed by atoms with E-state index in [0.29, 0.717) is 23.7 Å². The molecule has 0 atom stereocenters. The molecule has 0 aliphatic carbocycles. The summed E-state index contributed by atoms with van der Waals surface area (Å²) in [6.45, 7) is 0.458. The van der Waals surface area contributed by atoms with Gasteiger partial charge in [-0.1, -0.05) is 29.8 Å². The van der Waals surface area contributed by atoms with Crippen LogP contribution in [0.3, 0.4) is 0 Å². The first-order chi connectivity index (χ1) is 9.15. The van der Waals surface area contributed by atoms with Crippen molar-refractivity contribution in [2.24, 2.45) is 0 Å². The third kappa shape index (κ3) is 2.17. The molecule has 2 aromatic rings. The Bertz CT molecular complexity index is 654. The lowest BCUT2D eigenvalue weighted by atomic mass is 10.1. The smallest absolute Gasteiger partial charge is 0.231 e. The largest absolute Gasteiger partial charge is 0.399 e. The second-order valence-corrected chi connectivity index (χ2v) is 5.04. The standard InChI is InChI=1S/C15H13ClN2O/c16-13-6-5-12(17)7-11(13)9-18-14-4-2-1-3-10(14)8-15(18)19/h1-7H,8-9,17H2. The number of carbonyl (C=O) groups excluding carboxylic acids is 1. The monoisotopic (exact) mass is 272 g/mol. The van der Waals surface area contributed by atoms with Gasteiger partial charge in [0.15, 0.2) is 0 Å². The fourth-order valence-electron chi connectivity index (χ4n) is 2.38. The van der Waals surface area contributed by atoms with Crippen LogP contribution in [0.15, 0.2) is 42.5 Å². The van der Waals surface area contributed by atoms with Crippen molar-refractivity contribution >= 4 is 28.9 Å². The first-order valence-corrected chi connectivity index (χ1v) is 6.45. The summed E-state index contributed by atoms with van der Waals surface area (Å²) in [6, 6.07) is 13.2. The minimum atomic E-state index is 0.0969. The maximum atomic E-state index is 12.1. The molecule has 19 heavy (non-hydrogen) atoms. The Morgan fingerprint density at radius 3 is 2.84 bits per heavy atom. The number of amides is 1. The molecule has 0 bridgehead atoms. The molecule has 96 valence electrons. The number of nitrogens with zero attached hydrogens (tertiary/aromatic N) is 1. The SMILES string of the molecule is Nc1ccc(Cl)c(CN2C(=O)Cc3ccccc32)c1. The summed E-state index contributed by atoms with van der Waals surface area (Å²) < 4.78 is 0. The molecule has 1 aliphatic rings. The lowest BCUT2D eigenvalue weighted by Crippen LogP contribution is -2.26. The van der Waals surface area contributed by atoms with Crippen molar-refractivity contribution in [2.75, 3.05) is 10.6 Å². The predicted molar refractivity (Wildman–Crippen MR) is 77.2 cm³/mol. The second-order valence-electron chi connectivity index (χ2n) is 4.64. The molecular formula is C15H13ClN2O. The van der Waals surface area contributed by atoms with Gasteiger partial charge in [0, 0.05) is 16.4 Å². The number of hydrogen-bond donors (Lipinski definition) is 1. The summed E-state index contributed by atoms with van der Waals surface area (Å²) in [5.41, 5.74) is 9.31. The fraction of sp³-hybridized carbons (Fsp3) is 0.133. The Balaban J connectivity index is 1.95. The van der Waals surface area contributed by atoms with Crippen LogP contribution in [-0.4, -0.2) is 5.91 Å². The van der Waals surface area contributed by atoms with Crippen LogP contribution in [0, 0.1) is 0 Å². The van der Waals surface area contributed by atoms with E-state index in [-0.39, 0.29) is 5.91 Å². The van der Waals surface area contributed by atoms with E-state index in [0.717, 1.165) is 16.8 Å². The van der Waals surface area contributed by atoms with Gasteiger partial charge in [-0.15, -0.1) is 0 Å². The lowest BCUT2D eigenvalue weighted by Gasteiger charge is -2.18. The third-order valence-corrected chi connectivity index (χ3v) is 3.69. The van der Waals surface area contributed by atoms with E-state index in [1.807, 2.05) is 30.3 Å². The normalized spacial score (nSPS) is 13.7. The van der Waals surface area contributed by atoms with Crippen LogP contribution in [0.1, 0.15) is 11.1 Å². The zero-order valence-corrected chi connectivity index (χ0v) is 11.0. The minimum absolute atomic E-state index is 0.0969. The van der Waals surface area contributed by atoms with Crippen LogP contribution in [0.25, 0.3) is 0 Å². The predicted octanol–water partition coefficient (Wildman–Crippen LogP) is 3.01. The van der Waals surface area contributed by atoms with Crippen molar-refractivity contribution in [1.82, 2.24) is 0 Å². The van der Waals surface area contributed by atoms with E-state index in [9.17, 15) is 4.79 Å². The number of halogens is 1. The molecule has 3 rings (SSSR count). The Kier molecular flexibility index (Phi) is 2.91. The first-order valence-electron chi connectivity index (χ1n) is 6.07. The molecule has 0 spiro atoms. The average molecular weight is 273 g/mol. The van der Waals surface area contributed by atoms with Crippen LogP contribution < -0.4 is 10.6 Å². The maximum Gasteiger partial charge on any atom is 0.231 e. The number of fused-ring (bicyclic) bond motifs is 1. The van der Waals surface area contributed by atoms with Gasteiger partial charge < -0.3 is 10.6 Å². The van der Waals surface area contributed by atoms with Gasteiger partial charge >= 0.3 is 0 Å². The molecule has 1 amide bonds. The van der Waals surface area contributed by atoms with E-state index in [1.54, 1.807) is 17.0 Å². The van der Waals surface area contributed by atoms with E-state index < -0.39 is 0 Å². The molecule has 0 saturated heterocycles. The third-order valence-electron chi connectivity index (χ3n) is 3.32. The average Bonchev–Trinajstić information content (AvgIpc) is 2.71. The first kappa shape index (κ1) is 12.1. The summed E-state index contributed by atoms with van der Waals surface area (Å²) in [4.78, 5) is 13.8. The molecule has 0 fully saturated rings. The number of nitrogens with two attached hydrogens (primary N) is 1. The summed E-state index contributed by atoms with van der Waals surface area (Å²) in [5, 5.41) is 0.631. The second kappa shape index (κ2) is 4.59. The van der Waals surface area contributed by atoms with Crippen LogP contribution in [0.2, 0.25) is 5.02 Å². The highest BCUT2D eigenvalue weighted by Crippen LogP contribution is 2.31. The van der Waals surface area contributed by atoms with Gasteiger partial charge in [0.2, 0.25) is 5.91 Å². The zero-order valence-electron chi connectivity index (χ0n) is 10.3. The van der Waals surface area contributed by atoms with Crippen LogP contribution >= 0.6 is 11.6 Å². The van der Waals surface area contributed by atoms with Gasteiger partial charge in [-0.05, 0) is 35.4 Å². The number of para-hydroxylation sites is 1. The fourth-order valence-corrected chi connectivity index (χ4v) is 2.55. The highest BCUT2D eigenvalue weighted by Gasteiger charge is 2.27. The number of hydrogen-bond acceptors (Lipinski definition) is 2. The van der Waals surface area contributed by atoms with Crippen molar-refractivity contribution in [2.45, 2.75) is 13.0 Å². The quantitative estimate of drug-likeness (QED) is 0.854. The summed E-state index contributed by atoms with van der Waals surface area (Å²) in [5.74, 6) is 0.0969. The molecule has 1 aliphatic heterocycles. The van der Waals surface area contributed by atoms with Gasteiger partial charge in [-0.25, -0.2) is 0 Å². The Labute approximate surface area is 116 Å². The topological polar surface area (TPSA) is 46.3 Å². The van der Waals surface area contributed by atoms with Crippen LogP contribution in [0.4, 0.5) is 11.4 Å². The molecule has 2 N–H and O–H groups in total. The lowest BCUT2D eigenvalue weighted by molar-refractivity contribution is -0.117. The summed E-state index contributed by atoms with van der Waals surface area (Å²) >= 11 is 6.16. The maximum absolute atomic E-state index is 12.1. The zero-order chi connectivity index (χ0) is 13.4. The highest BCUT2D eigenvalue weighted by atomic mass is 35.5. The van der Waals surface area contributed by atoms with Crippen molar-refractivity contribution in [1.29, 1.82) is 0 Å². The van der Waals surface area contributed by atoms with Gasteiger partial charge in [0.1, 0.15) is 0 Å². The van der Waals surface area contributed by atoms with Gasteiger partial charge in [-0.2, -0.15) is 0 Å². The Hall–Kier alpha value is -2.00. The molecule has 4 heteroatoms. The molecule has 3 nitrogen and oxygen atoms in total. The molecule has 0 saturated carbocycles.